The minimum absolute atomic E-state index is 0.0267. The van der Waals surface area contributed by atoms with Crippen LogP contribution in [0.1, 0.15) is 74.9 Å². The highest BCUT2D eigenvalue weighted by atomic mass is 16.3. The Morgan fingerprint density at radius 2 is 0.937 bits per heavy atom. The van der Waals surface area contributed by atoms with Crippen LogP contribution in [0.25, 0.3) is 66.1 Å². The third-order valence-electron chi connectivity index (χ3n) is 14.0. The average molecular weight is 812 g/mol. The molecule has 0 fully saturated rings. The molecule has 0 unspecified atom stereocenters. The van der Waals surface area contributed by atoms with E-state index in [4.69, 9.17) is 4.42 Å². The fraction of sp³-hybridized carbons (Fsp3) is 0.148. The van der Waals surface area contributed by atoms with Crippen molar-refractivity contribution < 1.29 is 4.42 Å². The quantitative estimate of drug-likeness (QED) is 0.176. The van der Waals surface area contributed by atoms with Gasteiger partial charge in [0, 0.05) is 22.1 Å². The minimum atomic E-state index is -0.532. The molecule has 12 rings (SSSR count). The van der Waals surface area contributed by atoms with Crippen LogP contribution in [0.15, 0.2) is 192 Å². The van der Waals surface area contributed by atoms with Gasteiger partial charge in [-0.1, -0.05) is 193 Å². The summed E-state index contributed by atoms with van der Waals surface area (Å²) in [6, 6.07) is 70.2. The Balaban J connectivity index is 1.18. The Bertz CT molecular complexity index is 3400. The zero-order valence-electron chi connectivity index (χ0n) is 36.8. The first-order valence-electron chi connectivity index (χ1n) is 22.3. The van der Waals surface area contributed by atoms with Gasteiger partial charge in [0.05, 0.1) is 11.1 Å². The number of furan rings is 1. The average Bonchev–Trinajstić information content (AvgIpc) is 3.93. The molecule has 304 valence electrons. The zero-order valence-corrected chi connectivity index (χ0v) is 36.8. The van der Waals surface area contributed by atoms with Crippen molar-refractivity contribution in [3.63, 3.8) is 0 Å². The summed E-state index contributed by atoms with van der Waals surface area (Å²) in [5.74, 6) is 0. The molecular formula is C61H49NO. The van der Waals surface area contributed by atoms with Crippen molar-refractivity contribution in [1.82, 2.24) is 0 Å². The van der Waals surface area contributed by atoms with Gasteiger partial charge in [-0.05, 0) is 125 Å². The molecule has 1 spiro atoms. The van der Waals surface area contributed by atoms with E-state index in [0.29, 0.717) is 0 Å². The first-order valence-corrected chi connectivity index (χ1v) is 22.3. The summed E-state index contributed by atoms with van der Waals surface area (Å²) in [6.45, 7) is 14.0. The van der Waals surface area contributed by atoms with Gasteiger partial charge in [-0.3, -0.25) is 0 Å². The van der Waals surface area contributed by atoms with Gasteiger partial charge in [-0.2, -0.15) is 0 Å². The van der Waals surface area contributed by atoms with E-state index in [1.54, 1.807) is 0 Å². The molecular weight excluding hydrogens is 763 g/mol. The Kier molecular flexibility index (Phi) is 8.01. The zero-order chi connectivity index (χ0) is 42.8. The summed E-state index contributed by atoms with van der Waals surface area (Å²) in [7, 11) is 0. The summed E-state index contributed by atoms with van der Waals surface area (Å²) < 4.78 is 6.99. The Morgan fingerprint density at radius 1 is 0.413 bits per heavy atom. The van der Waals surface area contributed by atoms with E-state index in [-0.39, 0.29) is 10.8 Å². The van der Waals surface area contributed by atoms with Gasteiger partial charge >= 0.3 is 0 Å². The van der Waals surface area contributed by atoms with Crippen molar-refractivity contribution in [1.29, 1.82) is 0 Å². The lowest BCUT2D eigenvalue weighted by atomic mass is 9.68. The highest BCUT2D eigenvalue weighted by Crippen LogP contribution is 2.64. The van der Waals surface area contributed by atoms with Crippen LogP contribution < -0.4 is 4.90 Å². The van der Waals surface area contributed by atoms with E-state index in [2.05, 4.69) is 234 Å². The topological polar surface area (TPSA) is 16.4 Å². The third-order valence-corrected chi connectivity index (χ3v) is 14.0. The van der Waals surface area contributed by atoms with E-state index in [9.17, 15) is 0 Å². The number of para-hydroxylation sites is 1. The summed E-state index contributed by atoms with van der Waals surface area (Å²) in [5.41, 5.74) is 20.0. The number of anilines is 3. The molecule has 2 heteroatoms. The molecule has 0 bridgehead atoms. The minimum Gasteiger partial charge on any atom is -0.454 e. The second kappa shape index (κ2) is 13.4. The second-order valence-corrected chi connectivity index (χ2v) is 19.7. The smallest absolute Gasteiger partial charge is 0.160 e. The van der Waals surface area contributed by atoms with Crippen molar-refractivity contribution in [2.75, 3.05) is 4.90 Å². The molecule has 0 atom stereocenters. The van der Waals surface area contributed by atoms with Gasteiger partial charge in [0.25, 0.3) is 0 Å². The number of nitrogens with zero attached hydrogens (tertiary/aromatic N) is 1. The molecule has 2 aliphatic carbocycles. The predicted molar refractivity (Wildman–Crippen MR) is 265 cm³/mol. The van der Waals surface area contributed by atoms with Crippen molar-refractivity contribution in [2.24, 2.45) is 0 Å². The van der Waals surface area contributed by atoms with Crippen LogP contribution in [0, 0.1) is 0 Å². The highest BCUT2D eigenvalue weighted by molar-refractivity contribution is 6.23. The van der Waals surface area contributed by atoms with Crippen LogP contribution in [0.3, 0.4) is 0 Å². The fourth-order valence-electron chi connectivity index (χ4n) is 10.8. The molecule has 0 radical (unpaired) electrons. The predicted octanol–water partition coefficient (Wildman–Crippen LogP) is 16.8. The lowest BCUT2D eigenvalue weighted by Crippen LogP contribution is -2.27. The first kappa shape index (κ1) is 37.6. The van der Waals surface area contributed by atoms with Crippen molar-refractivity contribution in [3.8, 4) is 33.4 Å². The van der Waals surface area contributed by atoms with E-state index in [1.165, 1.54) is 77.5 Å². The largest absolute Gasteiger partial charge is 0.454 e. The van der Waals surface area contributed by atoms with E-state index < -0.39 is 5.41 Å². The molecule has 0 saturated carbocycles. The van der Waals surface area contributed by atoms with Crippen molar-refractivity contribution in [2.45, 2.75) is 57.8 Å². The van der Waals surface area contributed by atoms with E-state index >= 15 is 0 Å². The summed E-state index contributed by atoms with van der Waals surface area (Å²) in [4.78, 5) is 2.44. The van der Waals surface area contributed by atoms with Gasteiger partial charge in [0.2, 0.25) is 0 Å². The van der Waals surface area contributed by atoms with E-state index in [1.807, 2.05) is 0 Å². The molecule has 1 heterocycles. The van der Waals surface area contributed by atoms with Gasteiger partial charge in [-0.25, -0.2) is 0 Å². The fourth-order valence-corrected chi connectivity index (χ4v) is 10.8. The van der Waals surface area contributed by atoms with Crippen molar-refractivity contribution in [3.05, 3.63) is 221 Å². The highest BCUT2D eigenvalue weighted by Gasteiger charge is 2.52. The SMILES string of the molecule is CC(C)(C)c1ccc2c(c1)C1(c3ccccc3-c3ccc(N(c4ccc(-c5ccccc5)cc4)c4cc5ccccc5c5c4oc4ccccc45)cc31)c1cc(C(C)(C)C)ccc1-2. The standard InChI is InChI=1S/C61H49NO/c1-59(2,3)41-26-31-47-48-32-27-42(60(4,5)6)36-53(48)61(52(47)35-41)51-22-14-12-20-46(51)49-33-30-44(37-54(49)61)62(43-28-24-39(25-29-43)38-16-8-7-9-17-38)55-34-40-18-10-11-19-45(40)57-50-21-13-15-23-56(50)63-58(55)57/h7-37H,1-6H3. The normalized spacial score (nSPS) is 13.7. The number of rotatable bonds is 4. The van der Waals surface area contributed by atoms with Gasteiger partial charge < -0.3 is 9.32 Å². The summed E-state index contributed by atoms with van der Waals surface area (Å²) >= 11 is 0. The van der Waals surface area contributed by atoms with Crippen LogP contribution in [-0.2, 0) is 16.2 Å². The van der Waals surface area contributed by atoms with Crippen LogP contribution in [-0.4, -0.2) is 0 Å². The van der Waals surface area contributed by atoms with Crippen LogP contribution in [0.4, 0.5) is 17.1 Å². The number of fused-ring (bicyclic) bond motifs is 15. The summed E-state index contributed by atoms with van der Waals surface area (Å²) in [6.07, 6.45) is 0. The van der Waals surface area contributed by atoms with Gasteiger partial charge in [0.1, 0.15) is 5.58 Å². The monoisotopic (exact) mass is 811 g/mol. The number of hydrogen-bond acceptors (Lipinski definition) is 2. The Hall–Kier alpha value is -7.16. The molecule has 63 heavy (non-hydrogen) atoms. The second-order valence-electron chi connectivity index (χ2n) is 19.7. The number of benzene rings is 9. The maximum atomic E-state index is 6.99. The Labute approximate surface area is 370 Å². The van der Waals surface area contributed by atoms with Crippen molar-refractivity contribution >= 4 is 49.8 Å². The van der Waals surface area contributed by atoms with Crippen LogP contribution in [0.5, 0.6) is 0 Å². The first-order chi connectivity index (χ1) is 30.5. The summed E-state index contributed by atoms with van der Waals surface area (Å²) in [5, 5.41) is 4.62. The third kappa shape index (κ3) is 5.50. The van der Waals surface area contributed by atoms with E-state index in [0.717, 1.165) is 39.0 Å². The van der Waals surface area contributed by atoms with Crippen LogP contribution in [0.2, 0.25) is 0 Å². The van der Waals surface area contributed by atoms with Gasteiger partial charge in [-0.15, -0.1) is 0 Å². The lowest BCUT2D eigenvalue weighted by molar-refractivity contribution is 0.586. The molecule has 0 saturated heterocycles. The molecule has 0 N–H and O–H groups in total. The molecule has 2 aliphatic rings. The number of hydrogen-bond donors (Lipinski definition) is 0. The molecule has 9 aromatic carbocycles. The lowest BCUT2D eigenvalue weighted by Gasteiger charge is -2.34. The maximum Gasteiger partial charge on any atom is 0.160 e. The molecule has 10 aromatic rings. The molecule has 2 nitrogen and oxygen atoms in total. The maximum absolute atomic E-state index is 6.99. The molecule has 1 aromatic heterocycles. The van der Waals surface area contributed by atoms with Gasteiger partial charge in [0.15, 0.2) is 5.58 Å². The molecule has 0 amide bonds. The van der Waals surface area contributed by atoms with Crippen LogP contribution >= 0.6 is 0 Å². The Morgan fingerprint density at radius 3 is 1.62 bits per heavy atom. The molecule has 0 aliphatic heterocycles.